The number of hydrogen-bond donors (Lipinski definition) is 1. The number of nitrogens with two attached hydrogens (primary N) is 1. The number of benzene rings is 1. The molecular weight excluding hydrogens is 166 g/mol. The van der Waals surface area contributed by atoms with E-state index < -0.39 is 0 Å². The molecule has 64 valence electrons. The normalized spacial score (nSPS) is 12.4. The van der Waals surface area contributed by atoms with Crippen molar-refractivity contribution in [2.75, 3.05) is 0 Å². The maximum Gasteiger partial charge on any atom is 0.0733 e. The van der Waals surface area contributed by atoms with Gasteiger partial charge < -0.3 is 5.73 Å². The third kappa shape index (κ3) is 2.62. The first-order valence-corrected chi connectivity index (χ1v) is 4.44. The number of hydrogen-bond acceptors (Lipinski definition) is 1. The first-order valence-electron chi connectivity index (χ1n) is 4.03. The van der Waals surface area contributed by atoms with E-state index in [0.29, 0.717) is 10.9 Å². The second kappa shape index (κ2) is 4.21. The molecule has 1 aromatic rings. The minimum Gasteiger partial charge on any atom is -0.393 e. The van der Waals surface area contributed by atoms with Crippen molar-refractivity contribution in [3.05, 3.63) is 35.9 Å². The van der Waals surface area contributed by atoms with Crippen molar-refractivity contribution >= 4 is 17.2 Å². The lowest BCUT2D eigenvalue weighted by molar-refractivity contribution is 0.807. The quantitative estimate of drug-likeness (QED) is 0.721. The fourth-order valence-corrected chi connectivity index (χ4v) is 1.45. The Kier molecular flexibility index (Phi) is 3.23. The van der Waals surface area contributed by atoms with E-state index in [9.17, 15) is 0 Å². The van der Waals surface area contributed by atoms with Gasteiger partial charge in [0.05, 0.1) is 4.99 Å². The average molecular weight is 179 g/mol. The minimum absolute atomic E-state index is 0.434. The highest BCUT2D eigenvalue weighted by atomic mass is 32.1. The molecule has 0 saturated carbocycles. The van der Waals surface area contributed by atoms with Crippen molar-refractivity contribution in [2.24, 2.45) is 5.73 Å². The molecule has 0 aliphatic carbocycles. The Morgan fingerprint density at radius 2 is 2.00 bits per heavy atom. The summed E-state index contributed by atoms with van der Waals surface area (Å²) in [5.74, 6) is 0.434. The molecule has 2 N–H and O–H groups in total. The zero-order valence-electron chi connectivity index (χ0n) is 7.16. The fourth-order valence-electron chi connectivity index (χ4n) is 1.20. The zero-order valence-corrected chi connectivity index (χ0v) is 7.97. The zero-order chi connectivity index (χ0) is 8.97. The van der Waals surface area contributed by atoms with Gasteiger partial charge >= 0.3 is 0 Å². The summed E-state index contributed by atoms with van der Waals surface area (Å²) in [4.78, 5) is 0.589. The lowest BCUT2D eigenvalue weighted by Crippen LogP contribution is -2.11. The van der Waals surface area contributed by atoms with E-state index in [1.807, 2.05) is 18.2 Å². The van der Waals surface area contributed by atoms with Gasteiger partial charge in [-0.25, -0.2) is 0 Å². The van der Waals surface area contributed by atoms with Crippen LogP contribution in [0, 0.1) is 0 Å². The highest BCUT2D eigenvalue weighted by Gasteiger charge is 2.04. The Labute approximate surface area is 78.6 Å². The average Bonchev–Trinajstić information content (AvgIpc) is 2.05. The molecular formula is C10H13NS. The first-order chi connectivity index (χ1) is 5.70. The van der Waals surface area contributed by atoms with Gasteiger partial charge in [0.2, 0.25) is 0 Å². The van der Waals surface area contributed by atoms with Gasteiger partial charge in [0.25, 0.3) is 0 Å². The van der Waals surface area contributed by atoms with Crippen molar-refractivity contribution in [3.8, 4) is 0 Å². The molecule has 0 amide bonds. The van der Waals surface area contributed by atoms with Crippen LogP contribution in [0.1, 0.15) is 24.8 Å². The van der Waals surface area contributed by atoms with Crippen molar-refractivity contribution in [1.29, 1.82) is 0 Å². The van der Waals surface area contributed by atoms with Crippen molar-refractivity contribution < 1.29 is 0 Å². The first kappa shape index (κ1) is 9.20. The van der Waals surface area contributed by atoms with E-state index in [2.05, 4.69) is 19.1 Å². The van der Waals surface area contributed by atoms with Gasteiger partial charge in [-0.3, -0.25) is 0 Å². The fraction of sp³-hybridized carbons (Fsp3) is 0.300. The molecule has 1 atom stereocenters. The standard InChI is InChI=1S/C10H13NS/c1-8(7-10(11)12)9-5-3-2-4-6-9/h2-6,8H,7H2,1H3,(H2,11,12). The van der Waals surface area contributed by atoms with Crippen molar-refractivity contribution in [2.45, 2.75) is 19.3 Å². The Morgan fingerprint density at radius 3 is 2.50 bits per heavy atom. The Morgan fingerprint density at radius 1 is 1.42 bits per heavy atom. The summed E-state index contributed by atoms with van der Waals surface area (Å²) in [5, 5.41) is 0. The molecule has 1 rings (SSSR count). The summed E-state index contributed by atoms with van der Waals surface area (Å²) in [6.45, 7) is 2.13. The maximum atomic E-state index is 5.46. The van der Waals surface area contributed by atoms with Gasteiger partial charge in [-0.05, 0) is 11.5 Å². The van der Waals surface area contributed by atoms with Crippen LogP contribution in [0.25, 0.3) is 0 Å². The summed E-state index contributed by atoms with van der Waals surface area (Å²) >= 11 is 4.85. The van der Waals surface area contributed by atoms with Crippen LogP contribution >= 0.6 is 12.2 Å². The predicted octanol–water partition coefficient (Wildman–Crippen LogP) is 2.47. The Bertz CT molecular complexity index is 256. The predicted molar refractivity (Wildman–Crippen MR) is 56.3 cm³/mol. The highest BCUT2D eigenvalue weighted by Crippen LogP contribution is 2.17. The molecule has 0 spiro atoms. The van der Waals surface area contributed by atoms with E-state index in [-0.39, 0.29) is 0 Å². The second-order valence-corrected chi connectivity index (χ2v) is 3.51. The van der Waals surface area contributed by atoms with Gasteiger partial charge in [0.1, 0.15) is 0 Å². The van der Waals surface area contributed by atoms with Crippen LogP contribution in [0.2, 0.25) is 0 Å². The molecule has 1 nitrogen and oxygen atoms in total. The third-order valence-corrected chi connectivity index (χ3v) is 2.04. The van der Waals surface area contributed by atoms with Gasteiger partial charge in [-0.2, -0.15) is 0 Å². The van der Waals surface area contributed by atoms with E-state index in [4.69, 9.17) is 18.0 Å². The van der Waals surface area contributed by atoms with Crippen LogP contribution < -0.4 is 5.73 Å². The molecule has 0 saturated heterocycles. The molecule has 0 aromatic heterocycles. The molecule has 0 fully saturated rings. The molecule has 0 aliphatic rings. The number of rotatable bonds is 3. The molecule has 0 bridgehead atoms. The maximum absolute atomic E-state index is 5.46. The lowest BCUT2D eigenvalue weighted by atomic mass is 9.98. The summed E-state index contributed by atoms with van der Waals surface area (Å²) in [6.07, 6.45) is 0.791. The van der Waals surface area contributed by atoms with Gasteiger partial charge in [-0.15, -0.1) is 0 Å². The van der Waals surface area contributed by atoms with Crippen molar-refractivity contribution in [3.63, 3.8) is 0 Å². The van der Waals surface area contributed by atoms with Crippen LogP contribution in [0.5, 0.6) is 0 Å². The summed E-state index contributed by atoms with van der Waals surface area (Å²) in [5.41, 5.74) is 6.76. The second-order valence-electron chi connectivity index (χ2n) is 2.98. The van der Waals surface area contributed by atoms with Crippen LogP contribution in [0.3, 0.4) is 0 Å². The number of thiocarbonyl (C=S) groups is 1. The minimum atomic E-state index is 0.434. The van der Waals surface area contributed by atoms with Gasteiger partial charge in [-0.1, -0.05) is 49.5 Å². The van der Waals surface area contributed by atoms with E-state index >= 15 is 0 Å². The smallest absolute Gasteiger partial charge is 0.0733 e. The monoisotopic (exact) mass is 179 g/mol. The molecule has 0 aliphatic heterocycles. The summed E-state index contributed by atoms with van der Waals surface area (Å²) in [6, 6.07) is 10.3. The summed E-state index contributed by atoms with van der Waals surface area (Å²) in [7, 11) is 0. The molecule has 12 heavy (non-hydrogen) atoms. The Balaban J connectivity index is 2.65. The lowest BCUT2D eigenvalue weighted by Gasteiger charge is -2.09. The van der Waals surface area contributed by atoms with Crippen LogP contribution in [0.4, 0.5) is 0 Å². The van der Waals surface area contributed by atoms with Crippen molar-refractivity contribution in [1.82, 2.24) is 0 Å². The van der Waals surface area contributed by atoms with E-state index in [1.54, 1.807) is 0 Å². The van der Waals surface area contributed by atoms with Gasteiger partial charge in [0.15, 0.2) is 0 Å². The highest BCUT2D eigenvalue weighted by molar-refractivity contribution is 7.80. The largest absolute Gasteiger partial charge is 0.393 e. The van der Waals surface area contributed by atoms with E-state index in [0.717, 1.165) is 6.42 Å². The van der Waals surface area contributed by atoms with Gasteiger partial charge in [0, 0.05) is 6.42 Å². The van der Waals surface area contributed by atoms with Crippen LogP contribution in [-0.2, 0) is 0 Å². The molecule has 1 unspecified atom stereocenters. The third-order valence-electron chi connectivity index (χ3n) is 1.88. The van der Waals surface area contributed by atoms with Crippen LogP contribution in [0.15, 0.2) is 30.3 Å². The topological polar surface area (TPSA) is 26.0 Å². The molecule has 2 heteroatoms. The SMILES string of the molecule is CC(CC(N)=S)c1ccccc1. The van der Waals surface area contributed by atoms with Crippen LogP contribution in [-0.4, -0.2) is 4.99 Å². The van der Waals surface area contributed by atoms with E-state index in [1.165, 1.54) is 5.56 Å². The summed E-state index contributed by atoms with van der Waals surface area (Å²) < 4.78 is 0. The Hall–Kier alpha value is -0.890. The molecule has 1 aromatic carbocycles. The molecule has 0 heterocycles. The molecule has 0 radical (unpaired) electrons.